The summed E-state index contributed by atoms with van der Waals surface area (Å²) in [4.78, 5) is 14.3. The monoisotopic (exact) mass is 348 g/mol. The molecule has 108 valence electrons. The molecule has 0 atom stereocenters. The van der Waals surface area contributed by atoms with Crippen LogP contribution in [0, 0.1) is 5.82 Å². The van der Waals surface area contributed by atoms with Crippen LogP contribution in [0.4, 0.5) is 15.8 Å². The van der Waals surface area contributed by atoms with Gasteiger partial charge in [0.1, 0.15) is 5.82 Å². The van der Waals surface area contributed by atoms with Crippen molar-refractivity contribution in [3.8, 4) is 0 Å². The van der Waals surface area contributed by atoms with Gasteiger partial charge in [0, 0.05) is 23.5 Å². The molecule has 0 fully saturated rings. The number of halogens is 2. The number of nitrogen functional groups attached to an aromatic ring is 1. The quantitative estimate of drug-likeness (QED) is 0.797. The lowest BCUT2D eigenvalue weighted by molar-refractivity contribution is 0.0984. The Bertz CT molecular complexity index is 717. The highest BCUT2D eigenvalue weighted by Crippen LogP contribution is 2.30. The molecule has 0 aliphatic carbocycles. The van der Waals surface area contributed by atoms with Crippen molar-refractivity contribution in [3.05, 3.63) is 57.8 Å². The molecule has 3 nitrogen and oxygen atoms in total. The van der Waals surface area contributed by atoms with E-state index in [2.05, 4.69) is 15.9 Å². The summed E-state index contributed by atoms with van der Waals surface area (Å²) in [5.41, 5.74) is 8.76. The Balaban J connectivity index is 1.98. The first kappa shape index (κ1) is 14.1. The van der Waals surface area contributed by atoms with Crippen LogP contribution in [0.3, 0.4) is 0 Å². The van der Waals surface area contributed by atoms with Crippen molar-refractivity contribution in [3.63, 3.8) is 0 Å². The summed E-state index contributed by atoms with van der Waals surface area (Å²) >= 11 is 3.09. The SMILES string of the molecule is Nc1ccc2c(c1)CCCN2C(=O)c1ccc(Br)c(F)c1. The third-order valence-electron chi connectivity index (χ3n) is 3.63. The Kier molecular flexibility index (Phi) is 3.68. The zero-order valence-electron chi connectivity index (χ0n) is 11.3. The fourth-order valence-electron chi connectivity index (χ4n) is 2.61. The summed E-state index contributed by atoms with van der Waals surface area (Å²) in [5.74, 6) is -0.623. The van der Waals surface area contributed by atoms with Crippen LogP contribution in [0.1, 0.15) is 22.3 Å². The molecule has 1 aliphatic rings. The van der Waals surface area contributed by atoms with Gasteiger partial charge >= 0.3 is 0 Å². The summed E-state index contributed by atoms with van der Waals surface area (Å²) in [6.45, 7) is 0.632. The van der Waals surface area contributed by atoms with Crippen molar-refractivity contribution in [2.75, 3.05) is 17.2 Å². The predicted molar refractivity (Wildman–Crippen MR) is 85.0 cm³/mol. The Hall–Kier alpha value is -1.88. The van der Waals surface area contributed by atoms with Crippen LogP contribution >= 0.6 is 15.9 Å². The zero-order valence-corrected chi connectivity index (χ0v) is 12.9. The zero-order chi connectivity index (χ0) is 15.0. The van der Waals surface area contributed by atoms with E-state index in [1.807, 2.05) is 12.1 Å². The average Bonchev–Trinajstić information content (AvgIpc) is 2.48. The number of carbonyl (C=O) groups is 1. The van der Waals surface area contributed by atoms with Crippen molar-refractivity contribution < 1.29 is 9.18 Å². The first-order valence-corrected chi connectivity index (χ1v) is 7.51. The number of hydrogen-bond acceptors (Lipinski definition) is 2. The molecule has 1 heterocycles. The minimum atomic E-state index is -0.435. The van der Waals surface area contributed by atoms with E-state index in [1.165, 1.54) is 6.07 Å². The first-order chi connectivity index (χ1) is 10.1. The number of fused-ring (bicyclic) bond motifs is 1. The second-order valence-electron chi connectivity index (χ2n) is 5.08. The van der Waals surface area contributed by atoms with Gasteiger partial charge in [0.25, 0.3) is 5.91 Å². The molecule has 5 heteroatoms. The van der Waals surface area contributed by atoms with Crippen LogP contribution in [0.25, 0.3) is 0 Å². The largest absolute Gasteiger partial charge is 0.399 e. The third kappa shape index (κ3) is 2.65. The normalized spacial score (nSPS) is 13.9. The lowest BCUT2D eigenvalue weighted by Crippen LogP contribution is -2.35. The number of amides is 1. The summed E-state index contributed by atoms with van der Waals surface area (Å²) in [6, 6.07) is 9.98. The van der Waals surface area contributed by atoms with Gasteiger partial charge in [0.05, 0.1) is 4.47 Å². The van der Waals surface area contributed by atoms with E-state index in [9.17, 15) is 9.18 Å². The van der Waals surface area contributed by atoms with E-state index in [1.54, 1.807) is 23.1 Å². The topological polar surface area (TPSA) is 46.3 Å². The summed E-state index contributed by atoms with van der Waals surface area (Å²) in [6.07, 6.45) is 1.78. The molecule has 0 saturated heterocycles. The molecule has 0 bridgehead atoms. The maximum Gasteiger partial charge on any atom is 0.258 e. The van der Waals surface area contributed by atoms with E-state index >= 15 is 0 Å². The molecule has 1 aliphatic heterocycles. The van der Waals surface area contributed by atoms with Gasteiger partial charge in [0.15, 0.2) is 0 Å². The van der Waals surface area contributed by atoms with Crippen molar-refractivity contribution in [1.82, 2.24) is 0 Å². The molecule has 0 unspecified atom stereocenters. The van der Waals surface area contributed by atoms with Gasteiger partial charge in [-0.05, 0) is 70.7 Å². The van der Waals surface area contributed by atoms with Gasteiger partial charge in [-0.1, -0.05) is 0 Å². The summed E-state index contributed by atoms with van der Waals surface area (Å²) in [7, 11) is 0. The summed E-state index contributed by atoms with van der Waals surface area (Å²) < 4.78 is 14.0. The maximum absolute atomic E-state index is 13.6. The number of nitrogens with zero attached hydrogens (tertiary/aromatic N) is 1. The fourth-order valence-corrected chi connectivity index (χ4v) is 2.86. The highest BCUT2D eigenvalue weighted by atomic mass is 79.9. The molecule has 1 amide bonds. The number of carbonyl (C=O) groups excluding carboxylic acids is 1. The van der Waals surface area contributed by atoms with E-state index < -0.39 is 5.82 Å². The lowest BCUT2D eigenvalue weighted by Gasteiger charge is -2.29. The lowest BCUT2D eigenvalue weighted by atomic mass is 10.00. The van der Waals surface area contributed by atoms with Gasteiger partial charge < -0.3 is 10.6 Å². The van der Waals surface area contributed by atoms with Gasteiger partial charge in [-0.3, -0.25) is 4.79 Å². The smallest absolute Gasteiger partial charge is 0.258 e. The van der Waals surface area contributed by atoms with Gasteiger partial charge in [-0.15, -0.1) is 0 Å². The predicted octanol–water partition coefficient (Wildman–Crippen LogP) is 3.76. The van der Waals surface area contributed by atoms with Crippen molar-refractivity contribution in [2.24, 2.45) is 0 Å². The molecule has 0 aromatic heterocycles. The van der Waals surface area contributed by atoms with E-state index in [0.717, 1.165) is 24.1 Å². The number of benzene rings is 2. The van der Waals surface area contributed by atoms with E-state index in [4.69, 9.17) is 5.73 Å². The Labute approximate surface area is 130 Å². The Morgan fingerprint density at radius 1 is 1.24 bits per heavy atom. The van der Waals surface area contributed by atoms with Gasteiger partial charge in [0.2, 0.25) is 0 Å². The number of rotatable bonds is 1. The fraction of sp³-hybridized carbons (Fsp3) is 0.188. The first-order valence-electron chi connectivity index (χ1n) is 6.71. The van der Waals surface area contributed by atoms with Crippen molar-refractivity contribution in [1.29, 1.82) is 0 Å². The highest BCUT2D eigenvalue weighted by molar-refractivity contribution is 9.10. The van der Waals surface area contributed by atoms with Crippen LogP contribution in [0.2, 0.25) is 0 Å². The van der Waals surface area contributed by atoms with E-state index in [-0.39, 0.29) is 5.91 Å². The van der Waals surface area contributed by atoms with Crippen molar-refractivity contribution >= 4 is 33.2 Å². The van der Waals surface area contributed by atoms with Gasteiger partial charge in [-0.25, -0.2) is 4.39 Å². The molecule has 3 rings (SSSR count). The van der Waals surface area contributed by atoms with Crippen LogP contribution in [0.5, 0.6) is 0 Å². The molecular weight excluding hydrogens is 335 g/mol. The number of anilines is 2. The Morgan fingerprint density at radius 3 is 2.81 bits per heavy atom. The minimum Gasteiger partial charge on any atom is -0.399 e. The van der Waals surface area contributed by atoms with E-state index in [0.29, 0.717) is 22.3 Å². The maximum atomic E-state index is 13.6. The Morgan fingerprint density at radius 2 is 2.05 bits per heavy atom. The van der Waals surface area contributed by atoms with Gasteiger partial charge in [-0.2, -0.15) is 0 Å². The van der Waals surface area contributed by atoms with Crippen LogP contribution < -0.4 is 10.6 Å². The molecular formula is C16H14BrFN2O. The second kappa shape index (κ2) is 5.48. The standard InChI is InChI=1S/C16H14BrFN2O/c17-13-5-3-11(9-14(13)18)16(21)20-7-1-2-10-8-12(19)4-6-15(10)20/h3-6,8-9H,1-2,7,19H2. The highest BCUT2D eigenvalue weighted by Gasteiger charge is 2.24. The molecule has 0 spiro atoms. The summed E-state index contributed by atoms with van der Waals surface area (Å²) in [5, 5.41) is 0. The molecule has 21 heavy (non-hydrogen) atoms. The molecule has 0 radical (unpaired) electrons. The minimum absolute atomic E-state index is 0.188. The van der Waals surface area contributed by atoms with Crippen LogP contribution in [-0.2, 0) is 6.42 Å². The second-order valence-corrected chi connectivity index (χ2v) is 5.93. The third-order valence-corrected chi connectivity index (χ3v) is 4.28. The average molecular weight is 349 g/mol. The molecule has 2 aromatic rings. The van der Waals surface area contributed by atoms with Crippen molar-refractivity contribution in [2.45, 2.75) is 12.8 Å². The number of hydrogen-bond donors (Lipinski definition) is 1. The molecule has 2 N–H and O–H groups in total. The number of aryl methyl sites for hydroxylation is 1. The number of nitrogens with two attached hydrogens (primary N) is 1. The van der Waals surface area contributed by atoms with Crippen LogP contribution in [-0.4, -0.2) is 12.5 Å². The molecule has 0 saturated carbocycles. The molecule has 2 aromatic carbocycles. The van der Waals surface area contributed by atoms with Crippen LogP contribution in [0.15, 0.2) is 40.9 Å².